The number of para-hydroxylation sites is 1. The molecule has 1 atom stereocenters. The minimum atomic E-state index is -0.560. The number of nitrogens with one attached hydrogen (secondary N) is 1. The van der Waals surface area contributed by atoms with Gasteiger partial charge in [0.15, 0.2) is 0 Å². The molecule has 1 unspecified atom stereocenters. The first kappa shape index (κ1) is 10.3. The lowest BCUT2D eigenvalue weighted by Crippen LogP contribution is -2.20. The van der Waals surface area contributed by atoms with E-state index in [0.29, 0.717) is 6.42 Å². The highest BCUT2D eigenvalue weighted by Gasteiger charge is 2.14. The number of amides is 1. The monoisotopic (exact) mass is 188 g/mol. The fraction of sp³-hybridized carbons (Fsp3) is 0.273. The van der Waals surface area contributed by atoms with E-state index >= 15 is 0 Å². The van der Waals surface area contributed by atoms with Gasteiger partial charge in [-0.3, -0.25) is 4.79 Å². The van der Waals surface area contributed by atoms with Gasteiger partial charge in [0.25, 0.3) is 0 Å². The molecule has 0 radical (unpaired) electrons. The van der Waals surface area contributed by atoms with Crippen molar-refractivity contribution in [1.29, 1.82) is 5.26 Å². The molecule has 14 heavy (non-hydrogen) atoms. The number of nitriles is 1. The fourth-order valence-electron chi connectivity index (χ4n) is 1.09. The van der Waals surface area contributed by atoms with Crippen LogP contribution < -0.4 is 5.32 Å². The van der Waals surface area contributed by atoms with Gasteiger partial charge in [0, 0.05) is 5.69 Å². The quantitative estimate of drug-likeness (QED) is 0.790. The molecule has 72 valence electrons. The summed E-state index contributed by atoms with van der Waals surface area (Å²) in [6.45, 7) is 1.82. The summed E-state index contributed by atoms with van der Waals surface area (Å²) >= 11 is 0. The molecule has 3 heteroatoms. The first-order valence-corrected chi connectivity index (χ1v) is 4.53. The van der Waals surface area contributed by atoms with E-state index in [1.54, 1.807) is 12.1 Å². The van der Waals surface area contributed by atoms with Crippen LogP contribution in [0.4, 0.5) is 5.69 Å². The van der Waals surface area contributed by atoms with Crippen molar-refractivity contribution < 1.29 is 4.79 Å². The van der Waals surface area contributed by atoms with Crippen molar-refractivity contribution in [3.63, 3.8) is 0 Å². The maximum atomic E-state index is 11.4. The molecule has 1 amide bonds. The SMILES string of the molecule is CCC(C#N)C(=O)Nc1ccccc1. The molecule has 0 heterocycles. The van der Waals surface area contributed by atoms with Gasteiger partial charge in [-0.25, -0.2) is 0 Å². The molecule has 0 aromatic heterocycles. The molecular formula is C11H12N2O. The average Bonchev–Trinajstić information content (AvgIpc) is 2.21. The van der Waals surface area contributed by atoms with Crippen LogP contribution in [0.2, 0.25) is 0 Å². The van der Waals surface area contributed by atoms with Crippen molar-refractivity contribution in [2.45, 2.75) is 13.3 Å². The van der Waals surface area contributed by atoms with Gasteiger partial charge in [-0.05, 0) is 18.6 Å². The summed E-state index contributed by atoms with van der Waals surface area (Å²) in [5.41, 5.74) is 0.728. The third kappa shape index (κ3) is 2.60. The van der Waals surface area contributed by atoms with E-state index in [1.807, 2.05) is 31.2 Å². The maximum absolute atomic E-state index is 11.4. The molecule has 0 saturated carbocycles. The summed E-state index contributed by atoms with van der Waals surface area (Å²) < 4.78 is 0. The second kappa shape index (κ2) is 5.03. The number of hydrogen-bond acceptors (Lipinski definition) is 2. The highest BCUT2D eigenvalue weighted by Crippen LogP contribution is 2.09. The zero-order valence-corrected chi connectivity index (χ0v) is 8.03. The van der Waals surface area contributed by atoms with Crippen molar-refractivity contribution in [3.8, 4) is 6.07 Å². The van der Waals surface area contributed by atoms with Gasteiger partial charge in [-0.15, -0.1) is 0 Å². The van der Waals surface area contributed by atoms with Crippen LogP contribution in [0, 0.1) is 17.2 Å². The Morgan fingerprint density at radius 2 is 2.14 bits per heavy atom. The summed E-state index contributed by atoms with van der Waals surface area (Å²) in [5.74, 6) is -0.795. The Labute approximate surface area is 83.4 Å². The molecule has 1 aromatic rings. The third-order valence-electron chi connectivity index (χ3n) is 1.92. The summed E-state index contributed by atoms with van der Waals surface area (Å²) in [7, 11) is 0. The molecular weight excluding hydrogens is 176 g/mol. The minimum absolute atomic E-state index is 0.235. The van der Waals surface area contributed by atoms with Crippen LogP contribution >= 0.6 is 0 Å². The molecule has 0 fully saturated rings. The molecule has 1 rings (SSSR count). The van der Waals surface area contributed by atoms with Crippen molar-refractivity contribution in [1.82, 2.24) is 0 Å². The Morgan fingerprint density at radius 3 is 2.64 bits per heavy atom. The number of anilines is 1. The van der Waals surface area contributed by atoms with Gasteiger partial charge in [0.2, 0.25) is 5.91 Å². The van der Waals surface area contributed by atoms with Crippen molar-refractivity contribution in [2.75, 3.05) is 5.32 Å². The number of nitrogens with zero attached hydrogens (tertiary/aromatic N) is 1. The molecule has 0 spiro atoms. The first-order valence-electron chi connectivity index (χ1n) is 4.53. The predicted molar refractivity (Wildman–Crippen MR) is 54.5 cm³/mol. The number of benzene rings is 1. The van der Waals surface area contributed by atoms with Crippen molar-refractivity contribution in [2.24, 2.45) is 5.92 Å². The molecule has 0 aliphatic rings. The Balaban J connectivity index is 2.62. The van der Waals surface area contributed by atoms with Crippen molar-refractivity contribution >= 4 is 11.6 Å². The number of rotatable bonds is 3. The molecule has 0 aliphatic heterocycles. The van der Waals surface area contributed by atoms with Crippen LogP contribution in [0.25, 0.3) is 0 Å². The topological polar surface area (TPSA) is 52.9 Å². The van der Waals surface area contributed by atoms with E-state index in [1.165, 1.54) is 0 Å². The lowest BCUT2D eigenvalue weighted by Gasteiger charge is -2.07. The van der Waals surface area contributed by atoms with Gasteiger partial charge < -0.3 is 5.32 Å². The van der Waals surface area contributed by atoms with Gasteiger partial charge in [0.05, 0.1) is 6.07 Å². The second-order valence-corrected chi connectivity index (χ2v) is 2.95. The Bertz CT molecular complexity index is 340. The molecule has 0 bridgehead atoms. The van der Waals surface area contributed by atoms with Crippen LogP contribution in [0.15, 0.2) is 30.3 Å². The summed E-state index contributed by atoms with van der Waals surface area (Å²) in [6.07, 6.45) is 0.537. The summed E-state index contributed by atoms with van der Waals surface area (Å²) in [5, 5.41) is 11.3. The number of carbonyl (C=O) groups excluding carboxylic acids is 1. The van der Waals surface area contributed by atoms with Gasteiger partial charge in [-0.2, -0.15) is 5.26 Å². The van der Waals surface area contributed by atoms with Gasteiger partial charge in [-0.1, -0.05) is 25.1 Å². The van der Waals surface area contributed by atoms with E-state index in [-0.39, 0.29) is 5.91 Å². The van der Waals surface area contributed by atoms with E-state index in [2.05, 4.69) is 5.32 Å². The third-order valence-corrected chi connectivity index (χ3v) is 1.92. The standard InChI is InChI=1S/C11H12N2O/c1-2-9(8-12)11(14)13-10-6-4-3-5-7-10/h3-7,9H,2H2,1H3,(H,13,14). The van der Waals surface area contributed by atoms with Crippen LogP contribution in [0.3, 0.4) is 0 Å². The van der Waals surface area contributed by atoms with Crippen LogP contribution in [0.5, 0.6) is 0 Å². The first-order chi connectivity index (χ1) is 6.77. The van der Waals surface area contributed by atoms with Crippen LogP contribution in [-0.4, -0.2) is 5.91 Å². The lowest BCUT2D eigenvalue weighted by atomic mass is 10.1. The van der Waals surface area contributed by atoms with Gasteiger partial charge >= 0.3 is 0 Å². The zero-order chi connectivity index (χ0) is 10.4. The Morgan fingerprint density at radius 1 is 1.50 bits per heavy atom. The maximum Gasteiger partial charge on any atom is 0.241 e. The van der Waals surface area contributed by atoms with E-state index in [4.69, 9.17) is 5.26 Å². The van der Waals surface area contributed by atoms with Crippen molar-refractivity contribution in [3.05, 3.63) is 30.3 Å². The number of carbonyl (C=O) groups is 1. The molecule has 0 saturated heterocycles. The van der Waals surface area contributed by atoms with Gasteiger partial charge in [0.1, 0.15) is 5.92 Å². The predicted octanol–water partition coefficient (Wildman–Crippen LogP) is 2.17. The minimum Gasteiger partial charge on any atom is -0.325 e. The van der Waals surface area contributed by atoms with Crippen LogP contribution in [-0.2, 0) is 4.79 Å². The van der Waals surface area contributed by atoms with Crippen LogP contribution in [0.1, 0.15) is 13.3 Å². The highest BCUT2D eigenvalue weighted by molar-refractivity contribution is 5.93. The summed E-state index contributed by atoms with van der Waals surface area (Å²) in [6, 6.07) is 11.1. The normalized spacial score (nSPS) is 11.4. The average molecular weight is 188 g/mol. The molecule has 0 aliphatic carbocycles. The Kier molecular flexibility index (Phi) is 3.69. The smallest absolute Gasteiger partial charge is 0.241 e. The number of hydrogen-bond donors (Lipinski definition) is 1. The second-order valence-electron chi connectivity index (χ2n) is 2.95. The van der Waals surface area contributed by atoms with E-state index in [0.717, 1.165) is 5.69 Å². The molecule has 1 N–H and O–H groups in total. The summed E-state index contributed by atoms with van der Waals surface area (Å²) in [4.78, 5) is 11.4. The molecule has 3 nitrogen and oxygen atoms in total. The fourth-order valence-corrected chi connectivity index (χ4v) is 1.09. The Hall–Kier alpha value is -1.82. The molecule has 1 aromatic carbocycles. The largest absolute Gasteiger partial charge is 0.325 e. The van der Waals surface area contributed by atoms with E-state index in [9.17, 15) is 4.79 Å². The zero-order valence-electron chi connectivity index (χ0n) is 8.03. The lowest BCUT2D eigenvalue weighted by molar-refractivity contribution is -0.118. The van der Waals surface area contributed by atoms with E-state index < -0.39 is 5.92 Å². The highest BCUT2D eigenvalue weighted by atomic mass is 16.1.